The van der Waals surface area contributed by atoms with E-state index >= 15 is 0 Å². The molecule has 98 valence electrons. The van der Waals surface area contributed by atoms with E-state index in [2.05, 4.69) is 4.98 Å². The van der Waals surface area contributed by atoms with E-state index in [0.29, 0.717) is 5.56 Å². The highest BCUT2D eigenvalue weighted by molar-refractivity contribution is 5.49. The molecule has 6 nitrogen and oxygen atoms in total. The Morgan fingerprint density at radius 3 is 2.84 bits per heavy atom. The Labute approximate surface area is 107 Å². The minimum atomic E-state index is -0.872. The summed E-state index contributed by atoms with van der Waals surface area (Å²) in [6.45, 7) is -0.370. The molecule has 0 amide bonds. The van der Waals surface area contributed by atoms with Crippen LogP contribution >= 0.6 is 0 Å². The first-order valence-electron chi connectivity index (χ1n) is 5.29. The van der Waals surface area contributed by atoms with Crippen molar-refractivity contribution in [3.8, 4) is 11.6 Å². The Balaban J connectivity index is 2.46. The Kier molecular flexibility index (Phi) is 3.67. The highest BCUT2D eigenvalue weighted by Gasteiger charge is 2.21. The van der Waals surface area contributed by atoms with Crippen molar-refractivity contribution >= 4 is 5.69 Å². The van der Waals surface area contributed by atoms with Gasteiger partial charge < -0.3 is 9.84 Å². The lowest BCUT2D eigenvalue weighted by atomic mass is 10.2. The number of nitro groups is 1. The predicted octanol–water partition coefficient (Wildman–Crippen LogP) is 2.41. The number of aliphatic hydroxyl groups excluding tert-OH is 1. The topological polar surface area (TPSA) is 85.5 Å². The lowest BCUT2D eigenvalue weighted by molar-refractivity contribution is -0.385. The van der Waals surface area contributed by atoms with Gasteiger partial charge >= 0.3 is 5.69 Å². The molecular formula is C12H9FN2O4. The summed E-state index contributed by atoms with van der Waals surface area (Å²) in [5, 5.41) is 19.9. The van der Waals surface area contributed by atoms with Crippen molar-refractivity contribution in [3.05, 3.63) is 58.0 Å². The van der Waals surface area contributed by atoms with Crippen LogP contribution in [0.2, 0.25) is 0 Å². The summed E-state index contributed by atoms with van der Waals surface area (Å²) in [6, 6.07) is 6.47. The molecule has 0 spiro atoms. The Morgan fingerprint density at radius 2 is 2.16 bits per heavy atom. The number of halogens is 1. The number of ether oxygens (including phenoxy) is 1. The predicted molar refractivity (Wildman–Crippen MR) is 63.3 cm³/mol. The lowest BCUT2D eigenvalue weighted by Gasteiger charge is -2.08. The van der Waals surface area contributed by atoms with Gasteiger partial charge in [0.25, 0.3) is 0 Å². The van der Waals surface area contributed by atoms with Crippen LogP contribution in [0.5, 0.6) is 11.6 Å². The van der Waals surface area contributed by atoms with Gasteiger partial charge in [0.1, 0.15) is 0 Å². The first kappa shape index (κ1) is 12.9. The van der Waals surface area contributed by atoms with E-state index in [-0.39, 0.29) is 12.5 Å². The van der Waals surface area contributed by atoms with Gasteiger partial charge in [0.05, 0.1) is 11.5 Å². The maximum absolute atomic E-state index is 13.6. The molecule has 0 saturated heterocycles. The van der Waals surface area contributed by atoms with Crippen molar-refractivity contribution in [2.75, 3.05) is 0 Å². The zero-order valence-electron chi connectivity index (χ0n) is 9.62. The molecule has 0 saturated carbocycles. The summed E-state index contributed by atoms with van der Waals surface area (Å²) in [7, 11) is 0. The normalized spacial score (nSPS) is 10.2. The monoisotopic (exact) mass is 264 g/mol. The molecule has 19 heavy (non-hydrogen) atoms. The van der Waals surface area contributed by atoms with Crippen LogP contribution in [-0.4, -0.2) is 15.0 Å². The quantitative estimate of drug-likeness (QED) is 0.677. The molecule has 2 aromatic rings. The average Bonchev–Trinajstić information content (AvgIpc) is 2.41. The third kappa shape index (κ3) is 2.66. The van der Waals surface area contributed by atoms with Crippen molar-refractivity contribution in [1.29, 1.82) is 0 Å². The second kappa shape index (κ2) is 5.40. The van der Waals surface area contributed by atoms with Gasteiger partial charge in [-0.2, -0.15) is 0 Å². The van der Waals surface area contributed by atoms with Crippen LogP contribution in [0.25, 0.3) is 0 Å². The van der Waals surface area contributed by atoms with E-state index in [4.69, 9.17) is 9.84 Å². The molecule has 1 aromatic heterocycles. The number of nitrogens with zero attached hydrogens (tertiary/aromatic N) is 2. The third-order valence-corrected chi connectivity index (χ3v) is 2.36. The fourth-order valence-electron chi connectivity index (χ4n) is 1.48. The van der Waals surface area contributed by atoms with Gasteiger partial charge in [0.15, 0.2) is 5.82 Å². The second-order valence-electron chi connectivity index (χ2n) is 3.57. The number of rotatable bonds is 4. The largest absolute Gasteiger partial charge is 0.428 e. The number of para-hydroxylation sites is 1. The van der Waals surface area contributed by atoms with Crippen molar-refractivity contribution in [2.45, 2.75) is 6.61 Å². The minimum Gasteiger partial charge on any atom is -0.428 e. The molecule has 0 radical (unpaired) electrons. The molecule has 7 heteroatoms. The second-order valence-corrected chi connectivity index (χ2v) is 3.57. The van der Waals surface area contributed by atoms with Crippen LogP contribution in [0.1, 0.15) is 5.56 Å². The maximum atomic E-state index is 13.6. The van der Waals surface area contributed by atoms with Crippen LogP contribution in [-0.2, 0) is 6.61 Å². The molecule has 0 atom stereocenters. The van der Waals surface area contributed by atoms with Gasteiger partial charge in [-0.3, -0.25) is 10.1 Å². The molecule has 1 aromatic carbocycles. The van der Waals surface area contributed by atoms with Crippen LogP contribution in [0.3, 0.4) is 0 Å². The fraction of sp³-hybridized carbons (Fsp3) is 0.0833. The molecule has 2 rings (SSSR count). The zero-order valence-corrected chi connectivity index (χ0v) is 9.62. The van der Waals surface area contributed by atoms with Gasteiger partial charge in [-0.1, -0.05) is 6.07 Å². The highest BCUT2D eigenvalue weighted by Crippen LogP contribution is 2.34. The van der Waals surface area contributed by atoms with Crippen molar-refractivity contribution in [3.63, 3.8) is 0 Å². The van der Waals surface area contributed by atoms with Gasteiger partial charge in [0, 0.05) is 17.8 Å². The van der Waals surface area contributed by atoms with Crippen LogP contribution in [0.15, 0.2) is 36.5 Å². The average molecular weight is 264 g/mol. The van der Waals surface area contributed by atoms with E-state index < -0.39 is 22.2 Å². The molecule has 0 aliphatic heterocycles. The molecule has 0 bridgehead atoms. The molecule has 0 unspecified atom stereocenters. The molecular weight excluding hydrogens is 255 g/mol. The van der Waals surface area contributed by atoms with E-state index in [0.717, 1.165) is 12.1 Å². The third-order valence-electron chi connectivity index (χ3n) is 2.36. The molecule has 1 heterocycles. The molecule has 0 fully saturated rings. The number of pyridine rings is 1. The number of aliphatic hydroxyl groups is 1. The summed E-state index contributed by atoms with van der Waals surface area (Å²) in [5.74, 6) is -1.47. The number of benzene rings is 1. The fourth-order valence-corrected chi connectivity index (χ4v) is 1.48. The lowest BCUT2D eigenvalue weighted by Crippen LogP contribution is -1.99. The van der Waals surface area contributed by atoms with Gasteiger partial charge in [-0.05, 0) is 18.2 Å². The SMILES string of the molecule is O=[N+]([O-])c1cccc(F)c1Oc1ncccc1CO. The standard InChI is InChI=1S/C12H9FN2O4/c13-9-4-1-5-10(15(17)18)11(9)19-12-8(7-16)3-2-6-14-12/h1-6,16H,7H2. The van der Waals surface area contributed by atoms with Crippen molar-refractivity contribution in [2.24, 2.45) is 0 Å². The number of aromatic nitrogens is 1. The Morgan fingerprint density at radius 1 is 1.37 bits per heavy atom. The number of nitro benzene ring substituents is 1. The highest BCUT2D eigenvalue weighted by atomic mass is 19.1. The van der Waals surface area contributed by atoms with Gasteiger partial charge in [-0.25, -0.2) is 9.37 Å². The van der Waals surface area contributed by atoms with Gasteiger partial charge in [0.2, 0.25) is 11.6 Å². The molecule has 0 aliphatic rings. The van der Waals surface area contributed by atoms with Crippen molar-refractivity contribution < 1.29 is 19.2 Å². The first-order valence-corrected chi connectivity index (χ1v) is 5.29. The summed E-state index contributed by atoms with van der Waals surface area (Å²) in [4.78, 5) is 13.9. The van der Waals surface area contributed by atoms with Crippen molar-refractivity contribution in [1.82, 2.24) is 4.98 Å². The van der Waals surface area contributed by atoms with E-state index in [1.807, 2.05) is 0 Å². The summed E-state index contributed by atoms with van der Waals surface area (Å²) >= 11 is 0. The zero-order chi connectivity index (χ0) is 13.8. The van der Waals surface area contributed by atoms with Crippen LogP contribution < -0.4 is 4.74 Å². The smallest absolute Gasteiger partial charge is 0.314 e. The van der Waals surface area contributed by atoms with E-state index in [1.54, 1.807) is 6.07 Å². The molecule has 1 N–H and O–H groups in total. The van der Waals surface area contributed by atoms with Crippen LogP contribution in [0, 0.1) is 15.9 Å². The van der Waals surface area contributed by atoms with Crippen LogP contribution in [0.4, 0.5) is 10.1 Å². The van der Waals surface area contributed by atoms with E-state index in [1.165, 1.54) is 18.3 Å². The maximum Gasteiger partial charge on any atom is 0.314 e. The Hall–Kier alpha value is -2.54. The Bertz CT molecular complexity index is 618. The van der Waals surface area contributed by atoms with Gasteiger partial charge in [-0.15, -0.1) is 0 Å². The summed E-state index contributed by atoms with van der Waals surface area (Å²) < 4.78 is 18.7. The number of hydrogen-bond donors (Lipinski definition) is 1. The summed E-state index contributed by atoms with van der Waals surface area (Å²) in [6.07, 6.45) is 1.38. The first-order chi connectivity index (χ1) is 9.13. The number of hydrogen-bond acceptors (Lipinski definition) is 5. The summed E-state index contributed by atoms with van der Waals surface area (Å²) in [5.41, 5.74) is -0.199. The minimum absolute atomic E-state index is 0.0711. The molecule has 0 aliphatic carbocycles. The van der Waals surface area contributed by atoms with E-state index in [9.17, 15) is 14.5 Å².